The maximum Gasteiger partial charge on any atom is 0.223 e. The summed E-state index contributed by atoms with van der Waals surface area (Å²) in [7, 11) is 0. The van der Waals surface area contributed by atoms with Crippen molar-refractivity contribution in [2.75, 3.05) is 24.5 Å². The van der Waals surface area contributed by atoms with Crippen LogP contribution in [0.1, 0.15) is 19.3 Å². The van der Waals surface area contributed by atoms with Crippen LogP contribution in [0.4, 0.5) is 10.1 Å². The Morgan fingerprint density at radius 3 is 2.84 bits per heavy atom. The predicted octanol–water partition coefficient (Wildman–Crippen LogP) is 4.15. The fourth-order valence-corrected chi connectivity index (χ4v) is 4.55. The molecule has 2 aromatic heterocycles. The fourth-order valence-electron chi connectivity index (χ4n) is 4.55. The number of amides is 1. The summed E-state index contributed by atoms with van der Waals surface area (Å²) in [6.07, 6.45) is 6.05. The molecule has 4 aromatic rings. The molecule has 1 fully saturated rings. The van der Waals surface area contributed by atoms with E-state index in [1.807, 2.05) is 29.1 Å². The van der Waals surface area contributed by atoms with Crippen molar-refractivity contribution in [1.82, 2.24) is 20.1 Å². The SMILES string of the molecule is O=C(NCCCn1ncc2ccccc21)C1CCN(c2ccnc3ccc(F)cc23)CC1. The molecule has 2 aromatic carbocycles. The topological polar surface area (TPSA) is 63.1 Å². The lowest BCUT2D eigenvalue weighted by atomic mass is 9.95. The second-order valence-electron chi connectivity index (χ2n) is 8.32. The molecule has 3 heterocycles. The zero-order chi connectivity index (χ0) is 21.9. The molecule has 0 aliphatic carbocycles. The largest absolute Gasteiger partial charge is 0.371 e. The van der Waals surface area contributed by atoms with Crippen molar-refractivity contribution in [2.45, 2.75) is 25.8 Å². The minimum Gasteiger partial charge on any atom is -0.371 e. The summed E-state index contributed by atoms with van der Waals surface area (Å²) < 4.78 is 15.7. The van der Waals surface area contributed by atoms with Crippen LogP contribution in [0.3, 0.4) is 0 Å². The van der Waals surface area contributed by atoms with Gasteiger partial charge in [0.05, 0.1) is 17.2 Å². The lowest BCUT2D eigenvalue weighted by Crippen LogP contribution is -2.41. The van der Waals surface area contributed by atoms with Crippen molar-refractivity contribution in [3.63, 3.8) is 0 Å². The minimum atomic E-state index is -0.260. The number of aromatic nitrogens is 3. The maximum atomic E-state index is 13.8. The van der Waals surface area contributed by atoms with Gasteiger partial charge in [-0.15, -0.1) is 0 Å². The predicted molar refractivity (Wildman–Crippen MR) is 124 cm³/mol. The van der Waals surface area contributed by atoms with Gasteiger partial charge in [-0.2, -0.15) is 5.10 Å². The van der Waals surface area contributed by atoms with Gasteiger partial charge in [0, 0.05) is 54.8 Å². The molecule has 0 unspecified atom stereocenters. The lowest BCUT2D eigenvalue weighted by molar-refractivity contribution is -0.125. The van der Waals surface area contributed by atoms with E-state index in [1.54, 1.807) is 18.3 Å². The number of nitrogens with one attached hydrogen (secondary N) is 1. The summed E-state index contributed by atoms with van der Waals surface area (Å²) in [4.78, 5) is 19.2. The van der Waals surface area contributed by atoms with Gasteiger partial charge in [0.1, 0.15) is 5.82 Å². The van der Waals surface area contributed by atoms with Gasteiger partial charge in [0.25, 0.3) is 0 Å². The quantitative estimate of drug-likeness (QED) is 0.466. The molecule has 6 nitrogen and oxygen atoms in total. The van der Waals surface area contributed by atoms with Crippen molar-refractivity contribution < 1.29 is 9.18 Å². The molecule has 0 radical (unpaired) electrons. The number of hydrogen-bond acceptors (Lipinski definition) is 4. The molecule has 1 aliphatic rings. The molecule has 164 valence electrons. The van der Waals surface area contributed by atoms with Crippen molar-refractivity contribution in [3.8, 4) is 0 Å². The summed E-state index contributed by atoms with van der Waals surface area (Å²) in [6, 6.07) is 14.8. The number of carbonyl (C=O) groups is 1. The van der Waals surface area contributed by atoms with Crippen LogP contribution in [0.2, 0.25) is 0 Å². The molecule has 0 bridgehead atoms. The second kappa shape index (κ2) is 8.94. The summed E-state index contributed by atoms with van der Waals surface area (Å²) in [5.41, 5.74) is 2.89. The highest BCUT2D eigenvalue weighted by Crippen LogP contribution is 2.29. The maximum absolute atomic E-state index is 13.8. The molecule has 1 amide bonds. The fraction of sp³-hybridized carbons (Fsp3) is 0.320. The van der Waals surface area contributed by atoms with Gasteiger partial charge in [-0.25, -0.2) is 4.39 Å². The van der Waals surface area contributed by atoms with E-state index >= 15 is 0 Å². The molecule has 1 aliphatic heterocycles. The molecule has 5 rings (SSSR count). The first-order valence-electron chi connectivity index (χ1n) is 11.2. The number of piperidine rings is 1. The number of hydrogen-bond donors (Lipinski definition) is 1. The van der Waals surface area contributed by atoms with Crippen LogP contribution in [0, 0.1) is 11.7 Å². The van der Waals surface area contributed by atoms with Crippen molar-refractivity contribution in [2.24, 2.45) is 5.92 Å². The minimum absolute atomic E-state index is 0.0154. The summed E-state index contributed by atoms with van der Waals surface area (Å²) >= 11 is 0. The zero-order valence-corrected chi connectivity index (χ0v) is 17.9. The molecular formula is C25H26FN5O. The average molecular weight is 432 g/mol. The number of pyridine rings is 1. The molecule has 1 saturated heterocycles. The Bertz CT molecular complexity index is 1250. The normalized spacial score (nSPS) is 14.8. The van der Waals surface area contributed by atoms with Gasteiger partial charge in [-0.3, -0.25) is 14.5 Å². The first-order valence-corrected chi connectivity index (χ1v) is 11.2. The molecular weight excluding hydrogens is 405 g/mol. The van der Waals surface area contributed by atoms with Crippen LogP contribution in [0.15, 0.2) is 60.9 Å². The molecule has 0 atom stereocenters. The van der Waals surface area contributed by atoms with E-state index < -0.39 is 0 Å². The van der Waals surface area contributed by atoms with Gasteiger partial charge >= 0.3 is 0 Å². The molecule has 0 spiro atoms. The third kappa shape index (κ3) is 4.15. The zero-order valence-electron chi connectivity index (χ0n) is 17.9. The van der Waals surface area contributed by atoms with Crippen LogP contribution >= 0.6 is 0 Å². The van der Waals surface area contributed by atoms with E-state index in [-0.39, 0.29) is 17.6 Å². The third-order valence-corrected chi connectivity index (χ3v) is 6.28. The number of rotatable bonds is 6. The van der Waals surface area contributed by atoms with E-state index in [9.17, 15) is 9.18 Å². The monoisotopic (exact) mass is 431 g/mol. The summed E-state index contributed by atoms with van der Waals surface area (Å²) in [5, 5.41) is 9.49. The van der Waals surface area contributed by atoms with Gasteiger partial charge < -0.3 is 10.2 Å². The van der Waals surface area contributed by atoms with Gasteiger partial charge in [-0.1, -0.05) is 18.2 Å². The highest BCUT2D eigenvalue weighted by atomic mass is 19.1. The van der Waals surface area contributed by atoms with Gasteiger partial charge in [0.15, 0.2) is 0 Å². The van der Waals surface area contributed by atoms with Crippen LogP contribution in [0.5, 0.6) is 0 Å². The Morgan fingerprint density at radius 2 is 1.97 bits per heavy atom. The Kier molecular flexibility index (Phi) is 5.71. The number of carbonyl (C=O) groups excluding carboxylic acids is 1. The Hall–Kier alpha value is -3.48. The second-order valence-corrected chi connectivity index (χ2v) is 8.32. The van der Waals surface area contributed by atoms with E-state index in [1.165, 1.54) is 6.07 Å². The van der Waals surface area contributed by atoms with Crippen molar-refractivity contribution in [3.05, 3.63) is 66.7 Å². The standard InChI is InChI=1S/C25H26FN5O/c26-20-6-7-22-21(16-20)24(8-12-27-22)30-14-9-18(10-15-30)25(32)28-11-3-13-31-23-5-2-1-4-19(23)17-29-31/h1-2,4-8,12,16-18H,3,9-11,13-15H2,(H,28,32). The number of nitrogens with zero attached hydrogens (tertiary/aromatic N) is 4. The number of aryl methyl sites for hydroxylation is 1. The Labute approximate surface area is 186 Å². The summed E-state index contributed by atoms with van der Waals surface area (Å²) in [6.45, 7) is 2.96. The van der Waals surface area contributed by atoms with Crippen LogP contribution in [0.25, 0.3) is 21.8 Å². The van der Waals surface area contributed by atoms with E-state index in [2.05, 4.69) is 32.4 Å². The van der Waals surface area contributed by atoms with Crippen molar-refractivity contribution in [1.29, 1.82) is 0 Å². The van der Waals surface area contributed by atoms with Crippen molar-refractivity contribution >= 4 is 33.4 Å². The number of benzene rings is 2. The third-order valence-electron chi connectivity index (χ3n) is 6.28. The summed E-state index contributed by atoms with van der Waals surface area (Å²) in [5.74, 6) is -0.119. The smallest absolute Gasteiger partial charge is 0.223 e. The van der Waals surface area contributed by atoms with E-state index in [0.29, 0.717) is 6.54 Å². The number of halogens is 1. The van der Waals surface area contributed by atoms with Crippen LogP contribution in [-0.4, -0.2) is 40.3 Å². The molecule has 32 heavy (non-hydrogen) atoms. The molecule has 0 saturated carbocycles. The number of para-hydroxylation sites is 1. The highest BCUT2D eigenvalue weighted by Gasteiger charge is 2.25. The average Bonchev–Trinajstić information content (AvgIpc) is 3.24. The lowest BCUT2D eigenvalue weighted by Gasteiger charge is -2.33. The first-order chi connectivity index (χ1) is 15.7. The Balaban J connectivity index is 1.12. The van der Waals surface area contributed by atoms with Gasteiger partial charge in [-0.05, 0) is 49.6 Å². The van der Waals surface area contributed by atoms with E-state index in [0.717, 1.165) is 66.4 Å². The first kappa shape index (κ1) is 20.4. The highest BCUT2D eigenvalue weighted by molar-refractivity contribution is 5.91. The van der Waals surface area contributed by atoms with Gasteiger partial charge in [0.2, 0.25) is 5.91 Å². The van der Waals surface area contributed by atoms with E-state index in [4.69, 9.17) is 0 Å². The Morgan fingerprint density at radius 1 is 1.12 bits per heavy atom. The number of fused-ring (bicyclic) bond motifs is 2. The number of anilines is 1. The molecule has 7 heteroatoms. The van der Waals surface area contributed by atoms with Crippen LogP contribution in [-0.2, 0) is 11.3 Å². The molecule has 1 N–H and O–H groups in total. The van der Waals surface area contributed by atoms with Crippen LogP contribution < -0.4 is 10.2 Å².